The second-order valence-corrected chi connectivity index (χ2v) is 8.92. The highest BCUT2D eigenvalue weighted by Crippen LogP contribution is 2.67. The third-order valence-corrected chi connectivity index (χ3v) is 6.17. The molecule has 1 amide bonds. The van der Waals surface area contributed by atoms with Gasteiger partial charge in [0.05, 0.1) is 5.41 Å². The number of aromatic nitrogens is 2. The summed E-state index contributed by atoms with van der Waals surface area (Å²) in [6, 6.07) is 14.7. The van der Waals surface area contributed by atoms with Crippen molar-refractivity contribution in [3.8, 4) is 11.5 Å². The van der Waals surface area contributed by atoms with Gasteiger partial charge in [0.2, 0.25) is 5.89 Å². The summed E-state index contributed by atoms with van der Waals surface area (Å²) in [4.78, 5) is 12.3. The summed E-state index contributed by atoms with van der Waals surface area (Å²) in [5.41, 5.74) is 0.862. The molecule has 1 N–H and O–H groups in total. The van der Waals surface area contributed by atoms with Crippen molar-refractivity contribution in [2.24, 2.45) is 0 Å². The third kappa shape index (κ3) is 3.97. The van der Waals surface area contributed by atoms with E-state index >= 15 is 0 Å². The van der Waals surface area contributed by atoms with Crippen molar-refractivity contribution in [1.29, 1.82) is 0 Å². The first-order valence-electron chi connectivity index (χ1n) is 10.2. The van der Waals surface area contributed by atoms with Gasteiger partial charge in [-0.2, -0.15) is 0 Å². The summed E-state index contributed by atoms with van der Waals surface area (Å²) in [5.74, 6) is 2.32. The molecule has 1 aromatic heterocycles. The second-order valence-electron chi connectivity index (χ2n) is 8.48. The Morgan fingerprint density at radius 3 is 2.39 bits per heavy atom. The van der Waals surface area contributed by atoms with E-state index in [4.69, 9.17) is 25.5 Å². The van der Waals surface area contributed by atoms with Gasteiger partial charge in [0.1, 0.15) is 11.5 Å². The summed E-state index contributed by atoms with van der Waals surface area (Å²) >= 11 is 5.85. The van der Waals surface area contributed by atoms with Crippen LogP contribution in [0.1, 0.15) is 36.6 Å². The zero-order valence-electron chi connectivity index (χ0n) is 17.1. The Balaban J connectivity index is 1.09. The average Bonchev–Trinajstić information content (AvgIpc) is 3.17. The standard InChI is InChI=1S/C23H22ClN3O4/c1-15-2-6-17(7-3-15)30-11-20-26-27-21(31-20)22-12-23(13-22,14-22)25-19(28)10-29-18-8-4-16(24)5-9-18/h2-9H,10-14H2,1H3,(H,25,28). The highest BCUT2D eigenvalue weighted by molar-refractivity contribution is 6.30. The Kier molecular flexibility index (Phi) is 4.85. The largest absolute Gasteiger partial charge is 0.484 e. The van der Waals surface area contributed by atoms with Crippen LogP contribution in [0.25, 0.3) is 0 Å². The maximum absolute atomic E-state index is 12.3. The van der Waals surface area contributed by atoms with Crippen LogP contribution in [0.4, 0.5) is 0 Å². The molecule has 0 radical (unpaired) electrons. The SMILES string of the molecule is Cc1ccc(OCc2nnc(C34CC(NC(=O)COc5ccc(Cl)cc5)(C3)C4)o2)cc1. The predicted octanol–water partition coefficient (Wildman–Crippen LogP) is 3.98. The molecule has 7 nitrogen and oxygen atoms in total. The third-order valence-electron chi connectivity index (χ3n) is 5.92. The molecule has 0 saturated heterocycles. The van der Waals surface area contributed by atoms with Gasteiger partial charge in [-0.25, -0.2) is 0 Å². The van der Waals surface area contributed by atoms with Gasteiger partial charge in [0.15, 0.2) is 13.2 Å². The number of rotatable bonds is 8. The fourth-order valence-electron chi connectivity index (χ4n) is 4.46. The number of nitrogens with one attached hydrogen (secondary N) is 1. The van der Waals surface area contributed by atoms with Gasteiger partial charge in [0.25, 0.3) is 11.8 Å². The van der Waals surface area contributed by atoms with Gasteiger partial charge in [-0.05, 0) is 62.6 Å². The quantitative estimate of drug-likeness (QED) is 0.571. The van der Waals surface area contributed by atoms with Crippen LogP contribution < -0.4 is 14.8 Å². The molecule has 3 aliphatic carbocycles. The molecular formula is C23H22ClN3O4. The molecule has 0 spiro atoms. The molecule has 3 aliphatic rings. The van der Waals surface area contributed by atoms with Crippen molar-refractivity contribution in [3.05, 3.63) is 70.9 Å². The highest BCUT2D eigenvalue weighted by Gasteiger charge is 2.71. The number of halogens is 1. The predicted molar refractivity (Wildman–Crippen MR) is 113 cm³/mol. The van der Waals surface area contributed by atoms with Gasteiger partial charge in [0, 0.05) is 10.6 Å². The molecule has 3 saturated carbocycles. The van der Waals surface area contributed by atoms with Gasteiger partial charge < -0.3 is 19.2 Å². The molecule has 160 valence electrons. The van der Waals surface area contributed by atoms with E-state index in [1.165, 1.54) is 5.56 Å². The molecule has 1 heterocycles. The lowest BCUT2D eigenvalue weighted by atomic mass is 9.39. The van der Waals surface area contributed by atoms with Crippen LogP contribution in [0.15, 0.2) is 52.9 Å². The van der Waals surface area contributed by atoms with E-state index in [2.05, 4.69) is 15.5 Å². The number of carbonyl (C=O) groups excluding carboxylic acids is 1. The van der Waals surface area contributed by atoms with Crippen molar-refractivity contribution < 1.29 is 18.7 Å². The molecule has 3 aromatic rings. The van der Waals surface area contributed by atoms with Gasteiger partial charge in [-0.15, -0.1) is 10.2 Å². The number of hydrogen-bond acceptors (Lipinski definition) is 6. The first kappa shape index (κ1) is 19.9. The van der Waals surface area contributed by atoms with E-state index in [1.807, 2.05) is 31.2 Å². The maximum atomic E-state index is 12.3. The summed E-state index contributed by atoms with van der Waals surface area (Å²) in [7, 11) is 0. The fourth-order valence-corrected chi connectivity index (χ4v) is 4.59. The summed E-state index contributed by atoms with van der Waals surface area (Å²) in [6.07, 6.45) is 2.40. The minimum absolute atomic E-state index is 0.0303. The van der Waals surface area contributed by atoms with Crippen LogP contribution in [0.5, 0.6) is 11.5 Å². The Bertz CT molecular complexity index is 1070. The molecular weight excluding hydrogens is 418 g/mol. The van der Waals surface area contributed by atoms with E-state index in [0.717, 1.165) is 25.0 Å². The van der Waals surface area contributed by atoms with Gasteiger partial charge >= 0.3 is 0 Å². The van der Waals surface area contributed by atoms with Crippen LogP contribution in [-0.2, 0) is 16.8 Å². The van der Waals surface area contributed by atoms with E-state index in [-0.39, 0.29) is 30.1 Å². The van der Waals surface area contributed by atoms with E-state index in [0.29, 0.717) is 22.6 Å². The molecule has 0 unspecified atom stereocenters. The molecule has 6 rings (SSSR count). The molecule has 2 aromatic carbocycles. The Labute approximate surface area is 184 Å². The van der Waals surface area contributed by atoms with Crippen LogP contribution in [0, 0.1) is 6.92 Å². The summed E-state index contributed by atoms with van der Waals surface area (Å²) in [5, 5.41) is 12.1. The molecule has 0 aliphatic heterocycles. The number of ether oxygens (including phenoxy) is 2. The minimum atomic E-state index is -0.187. The maximum Gasteiger partial charge on any atom is 0.258 e. The van der Waals surface area contributed by atoms with Crippen molar-refractivity contribution in [3.63, 3.8) is 0 Å². The molecule has 2 bridgehead atoms. The van der Waals surface area contributed by atoms with Crippen LogP contribution in [0.2, 0.25) is 5.02 Å². The number of carbonyl (C=O) groups is 1. The smallest absolute Gasteiger partial charge is 0.258 e. The number of aryl methyl sites for hydroxylation is 1. The zero-order valence-corrected chi connectivity index (χ0v) is 17.8. The average molecular weight is 440 g/mol. The lowest BCUT2D eigenvalue weighted by molar-refractivity contribution is -0.143. The van der Waals surface area contributed by atoms with E-state index in [9.17, 15) is 4.79 Å². The van der Waals surface area contributed by atoms with E-state index < -0.39 is 0 Å². The summed E-state index contributed by atoms with van der Waals surface area (Å²) in [6.45, 7) is 2.23. The lowest BCUT2D eigenvalue weighted by Gasteiger charge is -2.68. The zero-order chi connectivity index (χ0) is 21.5. The lowest BCUT2D eigenvalue weighted by Crippen LogP contribution is -2.77. The molecule has 3 fully saturated rings. The molecule has 8 heteroatoms. The number of hydrogen-bond donors (Lipinski definition) is 1. The van der Waals surface area contributed by atoms with Crippen LogP contribution >= 0.6 is 11.6 Å². The Morgan fingerprint density at radius 1 is 1.03 bits per heavy atom. The van der Waals surface area contributed by atoms with E-state index in [1.54, 1.807) is 24.3 Å². The first-order valence-corrected chi connectivity index (χ1v) is 10.5. The van der Waals surface area contributed by atoms with Gasteiger partial charge in [-0.1, -0.05) is 29.3 Å². The van der Waals surface area contributed by atoms with Crippen molar-refractivity contribution in [2.45, 2.75) is 43.7 Å². The van der Waals surface area contributed by atoms with Crippen molar-refractivity contribution in [2.75, 3.05) is 6.61 Å². The molecule has 0 atom stereocenters. The first-order chi connectivity index (χ1) is 14.9. The summed E-state index contributed by atoms with van der Waals surface area (Å²) < 4.78 is 17.1. The monoisotopic (exact) mass is 439 g/mol. The topological polar surface area (TPSA) is 86.5 Å². The van der Waals surface area contributed by atoms with Crippen LogP contribution in [-0.4, -0.2) is 28.3 Å². The second kappa shape index (κ2) is 7.57. The minimum Gasteiger partial charge on any atom is -0.484 e. The Hall–Kier alpha value is -3.06. The molecule has 31 heavy (non-hydrogen) atoms. The fraction of sp³-hybridized carbons (Fsp3) is 0.348. The normalized spacial score (nSPS) is 23.4. The number of nitrogens with zero attached hydrogens (tertiary/aromatic N) is 2. The number of benzene rings is 2. The van der Waals surface area contributed by atoms with Crippen LogP contribution in [0.3, 0.4) is 0 Å². The van der Waals surface area contributed by atoms with Crippen molar-refractivity contribution in [1.82, 2.24) is 15.5 Å². The van der Waals surface area contributed by atoms with Gasteiger partial charge in [-0.3, -0.25) is 4.79 Å². The Morgan fingerprint density at radius 2 is 1.68 bits per heavy atom. The highest BCUT2D eigenvalue weighted by atomic mass is 35.5. The number of amides is 1. The van der Waals surface area contributed by atoms with Crippen molar-refractivity contribution >= 4 is 17.5 Å².